The number of carbonyl (C=O) groups is 3. The molecule has 1 heterocycles. The number of anilines is 1. The van der Waals surface area contributed by atoms with Gasteiger partial charge in [0, 0.05) is 12.6 Å². The van der Waals surface area contributed by atoms with E-state index in [2.05, 4.69) is 5.32 Å². The highest BCUT2D eigenvalue weighted by molar-refractivity contribution is 6.53. The predicted molar refractivity (Wildman–Crippen MR) is 90.6 cm³/mol. The average Bonchev–Trinajstić information content (AvgIpc) is 2.82. The van der Waals surface area contributed by atoms with Crippen LogP contribution >= 0.6 is 0 Å². The Balaban J connectivity index is 2.44. The van der Waals surface area contributed by atoms with E-state index in [1.807, 2.05) is 13.8 Å². The minimum Gasteiger partial charge on any atom is -0.493 e. The minimum absolute atomic E-state index is 0.0711. The van der Waals surface area contributed by atoms with Gasteiger partial charge < -0.3 is 19.5 Å². The number of methoxy groups -OCH3 is 3. The smallest absolute Gasteiger partial charge is 0.300 e. The molecule has 0 saturated heterocycles. The first-order chi connectivity index (χ1) is 11.8. The molecule has 0 saturated carbocycles. The van der Waals surface area contributed by atoms with Crippen LogP contribution < -0.4 is 24.4 Å². The number of rotatable bonds is 7. The van der Waals surface area contributed by atoms with Crippen LogP contribution in [0.1, 0.15) is 24.2 Å². The van der Waals surface area contributed by atoms with Gasteiger partial charge in [-0.05, 0) is 5.92 Å². The number of amides is 2. The summed E-state index contributed by atoms with van der Waals surface area (Å²) in [6.07, 6.45) is 0. The van der Waals surface area contributed by atoms with Crippen molar-refractivity contribution < 1.29 is 28.6 Å². The highest BCUT2D eigenvalue weighted by Crippen LogP contribution is 2.47. The fraction of sp³-hybridized carbons (Fsp3) is 0.471. The Labute approximate surface area is 146 Å². The second kappa shape index (κ2) is 7.42. The van der Waals surface area contributed by atoms with Gasteiger partial charge in [-0.3, -0.25) is 19.3 Å². The van der Waals surface area contributed by atoms with Crippen molar-refractivity contribution in [2.45, 2.75) is 13.8 Å². The maximum atomic E-state index is 12.4. The molecular formula is C17H22N2O6. The van der Waals surface area contributed by atoms with Gasteiger partial charge in [-0.25, -0.2) is 0 Å². The third-order valence-corrected chi connectivity index (χ3v) is 3.78. The number of hydrogen-bond acceptors (Lipinski definition) is 6. The van der Waals surface area contributed by atoms with Crippen LogP contribution in [0.25, 0.3) is 0 Å². The molecule has 0 aliphatic carbocycles. The second-order valence-corrected chi connectivity index (χ2v) is 5.96. The molecule has 136 valence electrons. The lowest BCUT2D eigenvalue weighted by molar-refractivity contribution is -0.122. The molecule has 2 amide bonds. The second-order valence-electron chi connectivity index (χ2n) is 5.96. The van der Waals surface area contributed by atoms with Crippen molar-refractivity contribution in [1.82, 2.24) is 5.32 Å². The van der Waals surface area contributed by atoms with E-state index in [1.54, 1.807) is 0 Å². The Morgan fingerprint density at radius 1 is 1.12 bits per heavy atom. The molecule has 0 bridgehead atoms. The topological polar surface area (TPSA) is 94.2 Å². The highest BCUT2D eigenvalue weighted by Gasteiger charge is 2.41. The van der Waals surface area contributed by atoms with Gasteiger partial charge in [-0.1, -0.05) is 13.8 Å². The van der Waals surface area contributed by atoms with Gasteiger partial charge in [0.05, 0.1) is 32.6 Å². The van der Waals surface area contributed by atoms with Crippen LogP contribution in [-0.2, 0) is 9.59 Å². The van der Waals surface area contributed by atoms with E-state index in [4.69, 9.17) is 14.2 Å². The largest absolute Gasteiger partial charge is 0.493 e. The van der Waals surface area contributed by atoms with Crippen molar-refractivity contribution in [2.75, 3.05) is 39.3 Å². The number of nitrogens with zero attached hydrogens (tertiary/aromatic N) is 1. The number of ketones is 1. The van der Waals surface area contributed by atoms with Gasteiger partial charge in [0.2, 0.25) is 11.7 Å². The van der Waals surface area contributed by atoms with Crippen molar-refractivity contribution in [3.8, 4) is 17.2 Å². The molecule has 25 heavy (non-hydrogen) atoms. The van der Waals surface area contributed by atoms with Crippen molar-refractivity contribution in [3.05, 3.63) is 11.6 Å². The summed E-state index contributed by atoms with van der Waals surface area (Å²) in [7, 11) is 4.21. The summed E-state index contributed by atoms with van der Waals surface area (Å²) in [4.78, 5) is 38.0. The lowest BCUT2D eigenvalue weighted by atomic mass is 10.1. The Kier molecular flexibility index (Phi) is 5.51. The minimum atomic E-state index is -0.789. The van der Waals surface area contributed by atoms with Crippen molar-refractivity contribution in [3.63, 3.8) is 0 Å². The zero-order chi connectivity index (χ0) is 18.7. The number of benzene rings is 1. The Morgan fingerprint density at radius 3 is 2.28 bits per heavy atom. The number of fused-ring (bicyclic) bond motifs is 1. The summed E-state index contributed by atoms with van der Waals surface area (Å²) in [5.41, 5.74) is 0.339. The quantitative estimate of drug-likeness (QED) is 0.738. The molecule has 1 aromatic rings. The molecule has 1 aliphatic heterocycles. The normalized spacial score (nSPS) is 13.1. The van der Waals surface area contributed by atoms with Crippen LogP contribution in [0.2, 0.25) is 0 Å². The summed E-state index contributed by atoms with van der Waals surface area (Å²) < 4.78 is 15.8. The predicted octanol–water partition coefficient (Wildman–Crippen LogP) is 1.01. The summed E-state index contributed by atoms with van der Waals surface area (Å²) >= 11 is 0. The van der Waals surface area contributed by atoms with Crippen molar-refractivity contribution in [2.24, 2.45) is 5.92 Å². The van der Waals surface area contributed by atoms with E-state index >= 15 is 0 Å². The number of hydrogen-bond donors (Lipinski definition) is 1. The van der Waals surface area contributed by atoms with Gasteiger partial charge in [0.25, 0.3) is 11.7 Å². The molecular weight excluding hydrogens is 328 g/mol. The number of carbonyl (C=O) groups excluding carboxylic acids is 3. The van der Waals surface area contributed by atoms with Crippen LogP contribution in [-0.4, -0.2) is 52.0 Å². The maximum absolute atomic E-state index is 12.4. The Bertz CT molecular complexity index is 714. The lowest BCUT2D eigenvalue weighted by Gasteiger charge is -2.19. The molecule has 0 unspecified atom stereocenters. The Hall–Kier alpha value is -2.77. The van der Waals surface area contributed by atoms with Gasteiger partial charge >= 0.3 is 0 Å². The number of nitrogens with one attached hydrogen (secondary N) is 1. The third kappa shape index (κ3) is 3.38. The lowest BCUT2D eigenvalue weighted by Crippen LogP contribution is -2.41. The van der Waals surface area contributed by atoms with Crippen LogP contribution in [0.3, 0.4) is 0 Å². The maximum Gasteiger partial charge on any atom is 0.300 e. The van der Waals surface area contributed by atoms with Gasteiger partial charge in [0.15, 0.2) is 11.5 Å². The molecule has 8 nitrogen and oxygen atoms in total. The fourth-order valence-electron chi connectivity index (χ4n) is 2.59. The monoisotopic (exact) mass is 350 g/mol. The highest BCUT2D eigenvalue weighted by atomic mass is 16.5. The van der Waals surface area contributed by atoms with E-state index < -0.39 is 11.7 Å². The van der Waals surface area contributed by atoms with Crippen LogP contribution in [0.5, 0.6) is 17.2 Å². The van der Waals surface area contributed by atoms with E-state index in [0.717, 1.165) is 4.90 Å². The third-order valence-electron chi connectivity index (χ3n) is 3.78. The fourth-order valence-corrected chi connectivity index (χ4v) is 2.59. The molecule has 8 heteroatoms. The van der Waals surface area contributed by atoms with E-state index in [-0.39, 0.29) is 41.1 Å². The van der Waals surface area contributed by atoms with Crippen LogP contribution in [0.15, 0.2) is 6.07 Å². The molecule has 0 radical (unpaired) electrons. The molecule has 1 N–H and O–H groups in total. The average molecular weight is 350 g/mol. The molecule has 1 aliphatic rings. The van der Waals surface area contributed by atoms with E-state index in [9.17, 15) is 14.4 Å². The van der Waals surface area contributed by atoms with Gasteiger partial charge in [-0.2, -0.15) is 0 Å². The number of ether oxygens (including phenoxy) is 3. The summed E-state index contributed by atoms with van der Waals surface area (Å²) in [6, 6.07) is 1.50. The van der Waals surface area contributed by atoms with Gasteiger partial charge in [0.1, 0.15) is 6.54 Å². The first-order valence-electron chi connectivity index (χ1n) is 7.81. The number of Topliss-reactive ketones (excluding diaryl/α,β-unsaturated/α-hetero) is 1. The van der Waals surface area contributed by atoms with E-state index in [1.165, 1.54) is 27.4 Å². The van der Waals surface area contributed by atoms with Crippen molar-refractivity contribution >= 4 is 23.3 Å². The summed E-state index contributed by atoms with van der Waals surface area (Å²) in [6.45, 7) is 4.14. The molecule has 0 fully saturated rings. The Morgan fingerprint density at radius 2 is 1.76 bits per heavy atom. The zero-order valence-electron chi connectivity index (χ0n) is 15.0. The molecule has 1 aromatic carbocycles. The van der Waals surface area contributed by atoms with E-state index in [0.29, 0.717) is 12.3 Å². The SMILES string of the molecule is COc1cc2c(c(OC)c1OC)C(=O)C(=O)N2CC(=O)NCC(C)C. The molecule has 0 atom stereocenters. The summed E-state index contributed by atoms with van der Waals surface area (Å²) in [5.74, 6) is -0.981. The zero-order valence-corrected chi connectivity index (χ0v) is 15.0. The van der Waals surface area contributed by atoms with Crippen molar-refractivity contribution in [1.29, 1.82) is 0 Å². The first kappa shape index (κ1) is 18.6. The van der Waals surface area contributed by atoms with Crippen LogP contribution in [0.4, 0.5) is 5.69 Å². The molecule has 0 spiro atoms. The molecule has 2 rings (SSSR count). The van der Waals surface area contributed by atoms with Crippen LogP contribution in [0, 0.1) is 5.92 Å². The van der Waals surface area contributed by atoms with Gasteiger partial charge in [-0.15, -0.1) is 0 Å². The standard InChI is InChI=1S/C17H22N2O6/c1-9(2)7-18-12(20)8-19-10-6-11(23-3)15(24-4)16(25-5)13(10)14(21)17(19)22/h6,9H,7-8H2,1-5H3,(H,18,20). The first-order valence-corrected chi connectivity index (χ1v) is 7.81. The summed E-state index contributed by atoms with van der Waals surface area (Å²) in [5, 5.41) is 2.72. The molecule has 0 aromatic heterocycles.